The summed E-state index contributed by atoms with van der Waals surface area (Å²) in [4.78, 5) is 0. The first-order valence-corrected chi connectivity index (χ1v) is 5.34. The zero-order valence-electron chi connectivity index (χ0n) is 8.93. The fraction of sp³-hybridized carbons (Fsp3) is 1.00. The predicted octanol–water partition coefficient (Wildman–Crippen LogP) is 2.67. The van der Waals surface area contributed by atoms with Crippen LogP contribution < -0.4 is 5.32 Å². The third kappa shape index (κ3) is 2.01. The lowest BCUT2D eigenvalue weighted by molar-refractivity contribution is 0.150. The largest absolute Gasteiger partial charge is 0.317 e. The van der Waals surface area contributed by atoms with E-state index < -0.39 is 0 Å². The molecule has 1 rings (SSSR count). The summed E-state index contributed by atoms with van der Waals surface area (Å²) in [5, 5.41) is 3.39. The van der Waals surface area contributed by atoms with Crippen molar-refractivity contribution in [3.05, 3.63) is 0 Å². The van der Waals surface area contributed by atoms with E-state index in [-0.39, 0.29) is 0 Å². The molecule has 1 aliphatic carbocycles. The van der Waals surface area contributed by atoms with Gasteiger partial charge >= 0.3 is 0 Å². The van der Waals surface area contributed by atoms with Gasteiger partial charge < -0.3 is 5.32 Å². The first-order valence-electron chi connectivity index (χ1n) is 5.34. The van der Waals surface area contributed by atoms with Gasteiger partial charge in [0, 0.05) is 6.04 Å². The van der Waals surface area contributed by atoms with E-state index in [1.807, 2.05) is 0 Å². The highest BCUT2D eigenvalue weighted by molar-refractivity contribution is 4.82. The fourth-order valence-corrected chi connectivity index (χ4v) is 2.54. The first kappa shape index (κ1) is 10.0. The molecule has 0 bridgehead atoms. The molecule has 1 unspecified atom stereocenters. The molecule has 0 radical (unpaired) electrons. The van der Waals surface area contributed by atoms with Crippen molar-refractivity contribution in [1.82, 2.24) is 5.32 Å². The molecule has 1 aliphatic rings. The van der Waals surface area contributed by atoms with Gasteiger partial charge in [0.2, 0.25) is 0 Å². The summed E-state index contributed by atoms with van der Waals surface area (Å²) in [7, 11) is 2.08. The Morgan fingerprint density at radius 2 is 1.92 bits per heavy atom. The van der Waals surface area contributed by atoms with Gasteiger partial charge in [0.25, 0.3) is 0 Å². The number of nitrogens with one attached hydrogen (secondary N) is 1. The molecule has 0 saturated heterocycles. The van der Waals surface area contributed by atoms with E-state index >= 15 is 0 Å². The van der Waals surface area contributed by atoms with E-state index in [4.69, 9.17) is 0 Å². The van der Waals surface area contributed by atoms with Gasteiger partial charge in [0.15, 0.2) is 0 Å². The molecule has 0 aromatic rings. The molecule has 0 aliphatic heterocycles. The number of hydrogen-bond acceptors (Lipinski definition) is 1. The van der Waals surface area contributed by atoms with E-state index in [2.05, 4.69) is 33.1 Å². The summed E-state index contributed by atoms with van der Waals surface area (Å²) >= 11 is 0. The van der Waals surface area contributed by atoms with E-state index in [1.54, 1.807) is 0 Å². The van der Waals surface area contributed by atoms with Gasteiger partial charge in [-0.25, -0.2) is 0 Å². The Morgan fingerprint density at radius 3 is 2.50 bits per heavy atom. The Balaban J connectivity index is 2.51. The van der Waals surface area contributed by atoms with E-state index in [0.29, 0.717) is 6.04 Å². The molecule has 72 valence electrons. The normalized spacial score (nSPS) is 39.5. The minimum atomic E-state index is 0.697. The van der Waals surface area contributed by atoms with Gasteiger partial charge in [-0.15, -0.1) is 0 Å². The van der Waals surface area contributed by atoms with Crippen molar-refractivity contribution in [1.29, 1.82) is 0 Å². The van der Waals surface area contributed by atoms with Gasteiger partial charge in [-0.2, -0.15) is 0 Å². The van der Waals surface area contributed by atoms with Crippen molar-refractivity contribution >= 4 is 0 Å². The molecule has 4 atom stereocenters. The van der Waals surface area contributed by atoms with Gasteiger partial charge in [-0.1, -0.05) is 26.7 Å². The van der Waals surface area contributed by atoms with E-state index in [1.165, 1.54) is 19.3 Å². The smallest absolute Gasteiger partial charge is 0.00666 e. The van der Waals surface area contributed by atoms with Crippen LogP contribution in [0, 0.1) is 17.8 Å². The van der Waals surface area contributed by atoms with Crippen molar-refractivity contribution in [3.63, 3.8) is 0 Å². The first-order chi connectivity index (χ1) is 5.66. The lowest BCUT2D eigenvalue weighted by Gasteiger charge is -2.37. The Labute approximate surface area is 76.9 Å². The zero-order chi connectivity index (χ0) is 9.14. The maximum Gasteiger partial charge on any atom is 0.00666 e. The molecule has 1 fully saturated rings. The van der Waals surface area contributed by atoms with E-state index in [9.17, 15) is 0 Å². The Morgan fingerprint density at radius 1 is 1.25 bits per heavy atom. The second-order valence-corrected chi connectivity index (χ2v) is 4.51. The summed E-state index contributed by atoms with van der Waals surface area (Å²) < 4.78 is 0. The van der Waals surface area contributed by atoms with Crippen LogP contribution in [0.1, 0.15) is 40.0 Å². The summed E-state index contributed by atoms with van der Waals surface area (Å²) in [5.41, 5.74) is 0. The number of rotatable bonds is 2. The summed E-state index contributed by atoms with van der Waals surface area (Å²) in [6, 6.07) is 0.697. The van der Waals surface area contributed by atoms with Crippen molar-refractivity contribution in [2.24, 2.45) is 17.8 Å². The molecule has 0 spiro atoms. The Kier molecular flexibility index (Phi) is 3.57. The van der Waals surface area contributed by atoms with Crippen LogP contribution >= 0.6 is 0 Å². The van der Waals surface area contributed by atoms with E-state index in [0.717, 1.165) is 17.8 Å². The van der Waals surface area contributed by atoms with Crippen LogP contribution in [0.15, 0.2) is 0 Å². The Hall–Kier alpha value is -0.0400. The molecule has 1 saturated carbocycles. The molecule has 12 heavy (non-hydrogen) atoms. The van der Waals surface area contributed by atoms with Gasteiger partial charge in [0.05, 0.1) is 0 Å². The van der Waals surface area contributed by atoms with Crippen LogP contribution in [-0.4, -0.2) is 13.1 Å². The molecule has 0 aromatic carbocycles. The average Bonchev–Trinajstić information content (AvgIpc) is 2.08. The molecular formula is C11H23N. The molecule has 0 aromatic heterocycles. The van der Waals surface area contributed by atoms with Gasteiger partial charge in [-0.3, -0.25) is 0 Å². The highest BCUT2D eigenvalue weighted by Crippen LogP contribution is 2.35. The van der Waals surface area contributed by atoms with Gasteiger partial charge in [0.1, 0.15) is 0 Å². The second kappa shape index (κ2) is 4.27. The maximum atomic E-state index is 3.39. The van der Waals surface area contributed by atoms with Crippen molar-refractivity contribution in [3.8, 4) is 0 Å². The monoisotopic (exact) mass is 169 g/mol. The van der Waals surface area contributed by atoms with Gasteiger partial charge in [-0.05, 0) is 38.1 Å². The molecule has 1 N–H and O–H groups in total. The highest BCUT2D eigenvalue weighted by atomic mass is 14.9. The van der Waals surface area contributed by atoms with Crippen molar-refractivity contribution in [2.75, 3.05) is 7.05 Å². The van der Waals surface area contributed by atoms with Crippen LogP contribution in [0.3, 0.4) is 0 Å². The summed E-state index contributed by atoms with van der Waals surface area (Å²) in [6.45, 7) is 7.14. The Bertz CT molecular complexity index is 133. The predicted molar refractivity (Wildman–Crippen MR) is 54.2 cm³/mol. The summed E-state index contributed by atoms with van der Waals surface area (Å²) in [5.74, 6) is 2.74. The third-order valence-electron chi connectivity index (χ3n) is 3.87. The molecule has 1 nitrogen and oxygen atoms in total. The SMILES string of the molecule is CN[C@@H](C)[C@H]1CCCC(C)[C@H]1C. The maximum absolute atomic E-state index is 3.39. The molecule has 0 amide bonds. The lowest BCUT2D eigenvalue weighted by Crippen LogP contribution is -2.38. The fourth-order valence-electron chi connectivity index (χ4n) is 2.54. The summed E-state index contributed by atoms with van der Waals surface area (Å²) in [6.07, 6.45) is 4.30. The van der Waals surface area contributed by atoms with Crippen LogP contribution in [0.2, 0.25) is 0 Å². The average molecular weight is 169 g/mol. The quantitative estimate of drug-likeness (QED) is 0.670. The minimum Gasteiger partial charge on any atom is -0.317 e. The highest BCUT2D eigenvalue weighted by Gasteiger charge is 2.29. The van der Waals surface area contributed by atoms with Crippen molar-refractivity contribution in [2.45, 2.75) is 46.1 Å². The molecule has 0 heterocycles. The van der Waals surface area contributed by atoms with Crippen LogP contribution in [0.5, 0.6) is 0 Å². The van der Waals surface area contributed by atoms with Crippen LogP contribution in [0.25, 0.3) is 0 Å². The zero-order valence-corrected chi connectivity index (χ0v) is 8.93. The van der Waals surface area contributed by atoms with Crippen LogP contribution in [-0.2, 0) is 0 Å². The molecule has 1 heteroatoms. The lowest BCUT2D eigenvalue weighted by atomic mass is 9.71. The third-order valence-corrected chi connectivity index (χ3v) is 3.87. The van der Waals surface area contributed by atoms with Crippen molar-refractivity contribution < 1.29 is 0 Å². The molecular weight excluding hydrogens is 146 g/mol. The standard InChI is InChI=1S/C11H23N/c1-8-6-5-7-11(9(8)2)10(3)12-4/h8-12H,5-7H2,1-4H3/t8?,9-,10+,11+/m1/s1. The topological polar surface area (TPSA) is 12.0 Å². The minimum absolute atomic E-state index is 0.697. The second-order valence-electron chi connectivity index (χ2n) is 4.51. The van der Waals surface area contributed by atoms with Crippen LogP contribution in [0.4, 0.5) is 0 Å². The number of hydrogen-bond donors (Lipinski definition) is 1.